The highest BCUT2D eigenvalue weighted by Crippen LogP contribution is 2.48. The van der Waals surface area contributed by atoms with Gasteiger partial charge in [-0.2, -0.15) is 0 Å². The molecule has 4 nitrogen and oxygen atoms in total. The molecular weight excluding hydrogens is 383 g/mol. The number of aliphatic imine (C=N–C) groups is 1. The van der Waals surface area contributed by atoms with Crippen LogP contribution >= 0.6 is 11.8 Å². The number of thioether (sulfide) groups is 1. The minimum Gasteiger partial charge on any atom is -0.369 e. The van der Waals surface area contributed by atoms with Crippen LogP contribution in [0.3, 0.4) is 0 Å². The number of nitrogens with zero attached hydrogens (tertiary/aromatic N) is 4. The summed E-state index contributed by atoms with van der Waals surface area (Å²) < 4.78 is 15.2. The van der Waals surface area contributed by atoms with Gasteiger partial charge >= 0.3 is 0 Å². The maximum absolute atomic E-state index is 15.2. The Hall–Kier alpha value is -2.08. The lowest BCUT2D eigenvalue weighted by Gasteiger charge is -2.33. The van der Waals surface area contributed by atoms with Crippen molar-refractivity contribution in [1.29, 1.82) is 0 Å². The van der Waals surface area contributed by atoms with Crippen LogP contribution in [-0.2, 0) is 0 Å². The number of fused-ring (bicyclic) bond motifs is 1. The Balaban J connectivity index is 1.52. The van der Waals surface area contributed by atoms with Crippen molar-refractivity contribution in [3.63, 3.8) is 0 Å². The summed E-state index contributed by atoms with van der Waals surface area (Å²) in [6, 6.07) is 12.2. The van der Waals surface area contributed by atoms with Gasteiger partial charge in [0, 0.05) is 31.1 Å². The highest BCUT2D eigenvalue weighted by atomic mass is 32.2. The van der Waals surface area contributed by atoms with E-state index in [4.69, 9.17) is 4.99 Å². The third kappa shape index (κ3) is 3.41. The first-order chi connectivity index (χ1) is 14.3. The van der Waals surface area contributed by atoms with Gasteiger partial charge in [-0.15, -0.1) is 0 Å². The Bertz CT molecular complexity index is 897. The van der Waals surface area contributed by atoms with E-state index in [2.05, 4.69) is 27.8 Å². The fraction of sp³-hybridized carbons (Fsp3) is 0.478. The molecule has 0 N–H and O–H groups in total. The molecule has 0 amide bonds. The van der Waals surface area contributed by atoms with E-state index in [-0.39, 0.29) is 17.9 Å². The quantitative estimate of drug-likeness (QED) is 0.694. The number of pyridine rings is 1. The minimum atomic E-state index is -0.113. The van der Waals surface area contributed by atoms with Gasteiger partial charge in [-0.25, -0.2) is 4.39 Å². The molecule has 5 rings (SSSR count). The van der Waals surface area contributed by atoms with Gasteiger partial charge in [0.1, 0.15) is 11.9 Å². The summed E-state index contributed by atoms with van der Waals surface area (Å²) in [5.74, 6) is 0.937. The van der Waals surface area contributed by atoms with Crippen LogP contribution in [0.5, 0.6) is 0 Å². The van der Waals surface area contributed by atoms with Gasteiger partial charge in [-0.05, 0) is 55.5 Å². The number of benzene rings is 1. The molecule has 2 fully saturated rings. The molecule has 0 radical (unpaired) electrons. The van der Waals surface area contributed by atoms with Crippen LogP contribution in [0.4, 0.5) is 10.1 Å². The average molecular weight is 411 g/mol. The second-order valence-electron chi connectivity index (χ2n) is 8.09. The third-order valence-electron chi connectivity index (χ3n) is 6.34. The third-order valence-corrected chi connectivity index (χ3v) is 7.47. The van der Waals surface area contributed by atoms with E-state index in [1.807, 2.05) is 42.2 Å². The Morgan fingerprint density at radius 3 is 2.72 bits per heavy atom. The first-order valence-corrected chi connectivity index (χ1v) is 11.7. The summed E-state index contributed by atoms with van der Waals surface area (Å²) in [5, 5.41) is 1.08. The summed E-state index contributed by atoms with van der Waals surface area (Å²) in [6.45, 7) is 4.12. The number of rotatable bonds is 4. The molecule has 2 aromatic rings. The second-order valence-corrected chi connectivity index (χ2v) is 9.08. The van der Waals surface area contributed by atoms with Crippen molar-refractivity contribution in [3.8, 4) is 0 Å². The molecule has 0 spiro atoms. The molecule has 1 aromatic carbocycles. The molecule has 3 unspecified atom stereocenters. The molecule has 6 heteroatoms. The number of anilines is 1. The van der Waals surface area contributed by atoms with Gasteiger partial charge < -0.3 is 9.80 Å². The van der Waals surface area contributed by atoms with E-state index in [0.717, 1.165) is 60.2 Å². The summed E-state index contributed by atoms with van der Waals surface area (Å²) in [7, 11) is 0. The van der Waals surface area contributed by atoms with E-state index in [1.54, 1.807) is 6.07 Å². The predicted octanol–water partition coefficient (Wildman–Crippen LogP) is 5.19. The average Bonchev–Trinajstić information content (AvgIpc) is 3.34. The fourth-order valence-corrected chi connectivity index (χ4v) is 6.15. The molecule has 1 aromatic heterocycles. The number of aromatic nitrogens is 1. The standard InChI is InChI=1S/C23H27FN4S/c1-2-17-15-29-23-26-21(19-8-4-5-11-25-19)22(28(17)23)16-9-10-20(18(24)14-16)27-12-6-3-7-13-27/h4-5,8-11,14,17,21-22H,2-3,6-7,12-13,15H2,1H3. The predicted molar refractivity (Wildman–Crippen MR) is 118 cm³/mol. The normalized spacial score (nSPS) is 26.6. The number of amidine groups is 1. The van der Waals surface area contributed by atoms with E-state index >= 15 is 4.39 Å². The second kappa shape index (κ2) is 7.98. The Morgan fingerprint density at radius 1 is 1.14 bits per heavy atom. The number of piperidine rings is 1. The zero-order valence-electron chi connectivity index (χ0n) is 16.8. The van der Waals surface area contributed by atoms with Crippen LogP contribution in [0.15, 0.2) is 47.6 Å². The van der Waals surface area contributed by atoms with E-state index in [1.165, 1.54) is 6.42 Å². The lowest BCUT2D eigenvalue weighted by atomic mass is 9.94. The maximum Gasteiger partial charge on any atom is 0.160 e. The van der Waals surface area contributed by atoms with E-state index < -0.39 is 0 Å². The van der Waals surface area contributed by atoms with Crippen molar-refractivity contribution in [1.82, 2.24) is 9.88 Å². The SMILES string of the molecule is CCC1CSC2=NC(c3ccccn3)C(c3ccc(N4CCCCC4)c(F)c3)N21. The Kier molecular flexibility index (Phi) is 5.20. The fourth-order valence-electron chi connectivity index (χ4n) is 4.81. The number of hydrogen-bond donors (Lipinski definition) is 0. The molecule has 0 bridgehead atoms. The van der Waals surface area contributed by atoms with Crippen molar-refractivity contribution in [2.45, 2.75) is 50.7 Å². The molecule has 4 heterocycles. The van der Waals surface area contributed by atoms with Gasteiger partial charge in [0.2, 0.25) is 0 Å². The van der Waals surface area contributed by atoms with Crippen LogP contribution in [-0.4, -0.2) is 39.9 Å². The van der Waals surface area contributed by atoms with Gasteiger partial charge in [0.25, 0.3) is 0 Å². The highest BCUT2D eigenvalue weighted by Gasteiger charge is 2.45. The zero-order valence-corrected chi connectivity index (χ0v) is 17.6. The summed E-state index contributed by atoms with van der Waals surface area (Å²) >= 11 is 1.82. The first-order valence-electron chi connectivity index (χ1n) is 10.7. The van der Waals surface area contributed by atoms with E-state index in [9.17, 15) is 0 Å². The van der Waals surface area contributed by atoms with Crippen LogP contribution in [0, 0.1) is 5.82 Å². The van der Waals surface area contributed by atoms with Crippen LogP contribution in [0.1, 0.15) is 55.9 Å². The molecule has 3 aliphatic heterocycles. The Morgan fingerprint density at radius 2 is 2.00 bits per heavy atom. The monoisotopic (exact) mass is 410 g/mol. The van der Waals surface area contributed by atoms with Crippen LogP contribution in [0.2, 0.25) is 0 Å². The summed E-state index contributed by atoms with van der Waals surface area (Å²) in [4.78, 5) is 14.2. The molecular formula is C23H27FN4S. The highest BCUT2D eigenvalue weighted by molar-refractivity contribution is 8.14. The molecule has 29 heavy (non-hydrogen) atoms. The van der Waals surface area contributed by atoms with Crippen molar-refractivity contribution < 1.29 is 4.39 Å². The van der Waals surface area contributed by atoms with Gasteiger partial charge in [-0.1, -0.05) is 30.8 Å². The Labute approximate surface area is 176 Å². The first kappa shape index (κ1) is 18.9. The van der Waals surface area contributed by atoms with E-state index in [0.29, 0.717) is 6.04 Å². The lowest BCUT2D eigenvalue weighted by molar-refractivity contribution is 0.255. The van der Waals surface area contributed by atoms with Crippen LogP contribution in [0.25, 0.3) is 0 Å². The lowest BCUT2D eigenvalue weighted by Crippen LogP contribution is -2.35. The molecule has 2 saturated heterocycles. The van der Waals surface area contributed by atoms with Gasteiger partial charge in [0.05, 0.1) is 17.4 Å². The summed E-state index contributed by atoms with van der Waals surface area (Å²) in [6.07, 6.45) is 6.42. The maximum atomic E-state index is 15.2. The molecule has 3 aliphatic rings. The van der Waals surface area contributed by atoms with Gasteiger partial charge in [-0.3, -0.25) is 9.98 Å². The van der Waals surface area contributed by atoms with Crippen LogP contribution < -0.4 is 4.90 Å². The van der Waals surface area contributed by atoms with Crippen molar-refractivity contribution in [3.05, 3.63) is 59.7 Å². The number of halogens is 1. The smallest absolute Gasteiger partial charge is 0.160 e. The molecule has 3 atom stereocenters. The number of hydrogen-bond acceptors (Lipinski definition) is 5. The van der Waals surface area contributed by atoms with Crippen molar-refractivity contribution in [2.24, 2.45) is 4.99 Å². The summed E-state index contributed by atoms with van der Waals surface area (Å²) in [5.41, 5.74) is 2.69. The topological polar surface area (TPSA) is 31.7 Å². The molecule has 0 saturated carbocycles. The molecule has 0 aliphatic carbocycles. The minimum absolute atomic E-state index is 0.00440. The molecule has 152 valence electrons. The largest absolute Gasteiger partial charge is 0.369 e. The zero-order chi connectivity index (χ0) is 19.8. The van der Waals surface area contributed by atoms with Gasteiger partial charge in [0.15, 0.2) is 5.17 Å². The van der Waals surface area contributed by atoms with Crippen molar-refractivity contribution >= 4 is 22.6 Å². The van der Waals surface area contributed by atoms with Crippen molar-refractivity contribution in [2.75, 3.05) is 23.7 Å².